The lowest BCUT2D eigenvalue weighted by Crippen LogP contribution is -2.38. The van der Waals surface area contributed by atoms with Gasteiger partial charge in [-0.25, -0.2) is 0 Å². The Morgan fingerprint density at radius 2 is 1.95 bits per heavy atom. The number of piperidine rings is 1. The predicted molar refractivity (Wildman–Crippen MR) is 91.1 cm³/mol. The van der Waals surface area contributed by atoms with Crippen LogP contribution in [-0.4, -0.2) is 25.6 Å². The highest BCUT2D eigenvalue weighted by molar-refractivity contribution is 5.85. The van der Waals surface area contributed by atoms with Gasteiger partial charge >= 0.3 is 0 Å². The van der Waals surface area contributed by atoms with Gasteiger partial charge in [0, 0.05) is 19.1 Å². The minimum atomic E-state index is 0. The Balaban J connectivity index is 0.00000242. The summed E-state index contributed by atoms with van der Waals surface area (Å²) in [5.74, 6) is 0.343. The molecule has 1 aliphatic heterocycles. The second-order valence-electron chi connectivity index (χ2n) is 5.56. The molecule has 22 heavy (non-hydrogen) atoms. The van der Waals surface area contributed by atoms with Crippen LogP contribution in [0.25, 0.3) is 0 Å². The number of benzene rings is 1. The van der Waals surface area contributed by atoms with Crippen molar-refractivity contribution >= 4 is 18.3 Å². The first-order chi connectivity index (χ1) is 10.3. The van der Waals surface area contributed by atoms with Crippen LogP contribution in [0.15, 0.2) is 24.3 Å². The van der Waals surface area contributed by atoms with Crippen molar-refractivity contribution in [1.82, 2.24) is 10.6 Å². The fourth-order valence-electron chi connectivity index (χ4n) is 2.61. The van der Waals surface area contributed by atoms with E-state index in [1.807, 2.05) is 12.1 Å². The highest BCUT2D eigenvalue weighted by Crippen LogP contribution is 2.13. The highest BCUT2D eigenvalue weighted by atomic mass is 35.5. The summed E-state index contributed by atoms with van der Waals surface area (Å²) in [6.07, 6.45) is 2.90. The maximum Gasteiger partial charge on any atom is 0.223 e. The van der Waals surface area contributed by atoms with Gasteiger partial charge in [0.05, 0.1) is 6.61 Å². The second-order valence-corrected chi connectivity index (χ2v) is 5.56. The summed E-state index contributed by atoms with van der Waals surface area (Å²) >= 11 is 0. The average molecular weight is 327 g/mol. The summed E-state index contributed by atoms with van der Waals surface area (Å²) in [5.41, 5.74) is 2.31. The highest BCUT2D eigenvalue weighted by Gasteiger charge is 2.20. The molecular weight excluding hydrogens is 300 g/mol. The Bertz CT molecular complexity index is 448. The maximum atomic E-state index is 12.2. The van der Waals surface area contributed by atoms with Crippen molar-refractivity contribution in [2.24, 2.45) is 5.92 Å². The van der Waals surface area contributed by atoms with Gasteiger partial charge in [0.25, 0.3) is 0 Å². The molecule has 0 bridgehead atoms. The molecule has 0 atom stereocenters. The van der Waals surface area contributed by atoms with Crippen LogP contribution in [0.4, 0.5) is 0 Å². The first kappa shape index (κ1) is 18.9. The molecule has 1 fully saturated rings. The van der Waals surface area contributed by atoms with Crippen LogP contribution in [0.2, 0.25) is 0 Å². The van der Waals surface area contributed by atoms with Crippen molar-refractivity contribution < 1.29 is 9.53 Å². The summed E-state index contributed by atoms with van der Waals surface area (Å²) in [4.78, 5) is 12.2. The third-order valence-electron chi connectivity index (χ3n) is 3.89. The molecule has 2 rings (SSSR count). The van der Waals surface area contributed by atoms with Crippen LogP contribution in [0.5, 0.6) is 0 Å². The Morgan fingerprint density at radius 1 is 1.27 bits per heavy atom. The number of amides is 1. The van der Waals surface area contributed by atoms with Crippen LogP contribution in [0.1, 0.15) is 37.3 Å². The summed E-state index contributed by atoms with van der Waals surface area (Å²) in [6.45, 7) is 5.97. The summed E-state index contributed by atoms with van der Waals surface area (Å²) in [5, 5.41) is 6.36. The zero-order valence-corrected chi connectivity index (χ0v) is 14.1. The third kappa shape index (κ3) is 5.95. The molecule has 1 aliphatic rings. The van der Waals surface area contributed by atoms with Crippen molar-refractivity contribution in [3.63, 3.8) is 0 Å². The van der Waals surface area contributed by atoms with E-state index in [0.717, 1.165) is 50.1 Å². The molecule has 1 aromatic rings. The van der Waals surface area contributed by atoms with Gasteiger partial charge in [0.15, 0.2) is 0 Å². The predicted octanol–water partition coefficient (Wildman–Crippen LogP) is 2.65. The van der Waals surface area contributed by atoms with Crippen molar-refractivity contribution in [2.45, 2.75) is 39.3 Å². The average Bonchev–Trinajstić information content (AvgIpc) is 2.54. The first-order valence-electron chi connectivity index (χ1n) is 7.94. The number of nitrogens with one attached hydrogen (secondary N) is 2. The summed E-state index contributed by atoms with van der Waals surface area (Å²) in [7, 11) is 0. The van der Waals surface area contributed by atoms with Gasteiger partial charge in [-0.1, -0.05) is 31.2 Å². The van der Waals surface area contributed by atoms with Gasteiger partial charge in [0.2, 0.25) is 5.91 Å². The number of hydrogen-bond donors (Lipinski definition) is 2. The maximum absolute atomic E-state index is 12.2. The minimum absolute atomic E-state index is 0. The largest absolute Gasteiger partial charge is 0.377 e. The molecule has 1 saturated heterocycles. The quantitative estimate of drug-likeness (QED) is 0.757. The van der Waals surface area contributed by atoms with Gasteiger partial charge in [-0.2, -0.15) is 0 Å². The van der Waals surface area contributed by atoms with Crippen LogP contribution < -0.4 is 10.6 Å². The molecule has 0 aromatic heterocycles. The zero-order chi connectivity index (χ0) is 14.9. The van der Waals surface area contributed by atoms with E-state index in [4.69, 9.17) is 4.74 Å². The number of halogens is 1. The normalized spacial score (nSPS) is 15.1. The van der Waals surface area contributed by atoms with Crippen LogP contribution >= 0.6 is 12.4 Å². The van der Waals surface area contributed by atoms with E-state index in [1.54, 1.807) is 0 Å². The lowest BCUT2D eigenvalue weighted by Gasteiger charge is -2.22. The van der Waals surface area contributed by atoms with Crippen molar-refractivity contribution in [3.05, 3.63) is 35.4 Å². The Kier molecular flexibility index (Phi) is 9.13. The molecule has 2 N–H and O–H groups in total. The number of ether oxygens (including phenoxy) is 1. The summed E-state index contributed by atoms with van der Waals surface area (Å²) in [6, 6.07) is 8.16. The van der Waals surface area contributed by atoms with Crippen LogP contribution in [0, 0.1) is 5.92 Å². The molecule has 124 valence electrons. The van der Waals surface area contributed by atoms with Crippen LogP contribution in [0.3, 0.4) is 0 Å². The fraction of sp³-hybridized carbons (Fsp3) is 0.588. The molecule has 0 unspecified atom stereocenters. The standard InChI is InChI=1S/C17H26N2O2.ClH/c1-2-11-21-13-16-6-4-3-5-15(16)12-19-17(20)14-7-9-18-10-8-14;/h3-6,14,18H,2,7-13H2,1H3,(H,19,20);1H. The Labute approximate surface area is 139 Å². The van der Waals surface area contributed by atoms with Crippen molar-refractivity contribution in [1.29, 1.82) is 0 Å². The van der Waals surface area contributed by atoms with E-state index < -0.39 is 0 Å². The molecule has 1 amide bonds. The summed E-state index contributed by atoms with van der Waals surface area (Å²) < 4.78 is 5.61. The molecule has 1 heterocycles. The van der Waals surface area contributed by atoms with Gasteiger partial charge in [-0.05, 0) is 43.5 Å². The fourth-order valence-corrected chi connectivity index (χ4v) is 2.61. The van der Waals surface area contributed by atoms with Gasteiger partial charge in [0.1, 0.15) is 0 Å². The number of carbonyl (C=O) groups excluding carboxylic acids is 1. The number of hydrogen-bond acceptors (Lipinski definition) is 3. The zero-order valence-electron chi connectivity index (χ0n) is 13.3. The van der Waals surface area contributed by atoms with E-state index in [1.165, 1.54) is 0 Å². The molecule has 0 aliphatic carbocycles. The Morgan fingerprint density at radius 3 is 2.64 bits per heavy atom. The van der Waals surface area contributed by atoms with Gasteiger partial charge in [-0.15, -0.1) is 12.4 Å². The molecule has 0 saturated carbocycles. The molecule has 0 spiro atoms. The van der Waals surface area contributed by atoms with E-state index in [0.29, 0.717) is 13.2 Å². The van der Waals surface area contributed by atoms with Crippen molar-refractivity contribution in [3.8, 4) is 0 Å². The molecule has 5 heteroatoms. The van der Waals surface area contributed by atoms with Gasteiger partial charge < -0.3 is 15.4 Å². The van der Waals surface area contributed by atoms with Crippen LogP contribution in [-0.2, 0) is 22.7 Å². The lowest BCUT2D eigenvalue weighted by molar-refractivity contribution is -0.125. The van der Waals surface area contributed by atoms with E-state index in [-0.39, 0.29) is 24.2 Å². The number of rotatable bonds is 7. The number of carbonyl (C=O) groups is 1. The Hall–Kier alpha value is -1.10. The smallest absolute Gasteiger partial charge is 0.223 e. The molecular formula is C17H27ClN2O2. The van der Waals surface area contributed by atoms with Crippen molar-refractivity contribution in [2.75, 3.05) is 19.7 Å². The first-order valence-corrected chi connectivity index (χ1v) is 7.94. The van der Waals surface area contributed by atoms with E-state index >= 15 is 0 Å². The third-order valence-corrected chi connectivity index (χ3v) is 3.89. The molecule has 4 nitrogen and oxygen atoms in total. The molecule has 1 aromatic carbocycles. The van der Waals surface area contributed by atoms with E-state index in [9.17, 15) is 4.79 Å². The lowest BCUT2D eigenvalue weighted by atomic mass is 9.97. The van der Waals surface area contributed by atoms with Gasteiger partial charge in [-0.3, -0.25) is 4.79 Å². The molecule has 0 radical (unpaired) electrons. The second kappa shape index (κ2) is 10.6. The minimum Gasteiger partial charge on any atom is -0.377 e. The monoisotopic (exact) mass is 326 g/mol. The topological polar surface area (TPSA) is 50.4 Å². The SMILES string of the molecule is CCCOCc1ccccc1CNC(=O)C1CCNCC1.Cl. The van der Waals surface area contributed by atoms with E-state index in [2.05, 4.69) is 29.7 Å².